The van der Waals surface area contributed by atoms with Crippen LogP contribution in [0.15, 0.2) is 18.2 Å². The third kappa shape index (κ3) is 3.85. The summed E-state index contributed by atoms with van der Waals surface area (Å²) in [6.45, 7) is 1.07. The molecule has 0 unspecified atom stereocenters. The van der Waals surface area contributed by atoms with Crippen LogP contribution in [-0.2, 0) is 11.3 Å². The molecule has 1 saturated carbocycles. The second-order valence-electron chi connectivity index (χ2n) is 4.63. The Hall–Kier alpha value is -1.26. The first-order valence-electron chi connectivity index (χ1n) is 6.28. The Morgan fingerprint density at radius 1 is 1.42 bits per heavy atom. The largest absolute Gasteiger partial charge is 0.492 e. The molecule has 1 aromatic rings. The SMILES string of the molecule is COC(=O)c1cc(CN)ccc1OCC1CCC1.Cl. The van der Waals surface area contributed by atoms with E-state index in [0.29, 0.717) is 30.4 Å². The van der Waals surface area contributed by atoms with Gasteiger partial charge in [0.2, 0.25) is 0 Å². The number of methoxy groups -OCH3 is 1. The van der Waals surface area contributed by atoms with Crippen molar-refractivity contribution in [3.8, 4) is 5.75 Å². The van der Waals surface area contributed by atoms with E-state index in [9.17, 15) is 4.79 Å². The van der Waals surface area contributed by atoms with Crippen molar-refractivity contribution in [1.29, 1.82) is 0 Å². The van der Waals surface area contributed by atoms with E-state index < -0.39 is 0 Å². The number of benzene rings is 1. The maximum absolute atomic E-state index is 11.7. The fourth-order valence-corrected chi connectivity index (χ4v) is 1.97. The monoisotopic (exact) mass is 285 g/mol. The van der Waals surface area contributed by atoms with Crippen molar-refractivity contribution in [2.75, 3.05) is 13.7 Å². The van der Waals surface area contributed by atoms with Crippen molar-refractivity contribution < 1.29 is 14.3 Å². The molecule has 2 N–H and O–H groups in total. The molecule has 4 nitrogen and oxygen atoms in total. The molecule has 19 heavy (non-hydrogen) atoms. The lowest BCUT2D eigenvalue weighted by Crippen LogP contribution is -2.20. The van der Waals surface area contributed by atoms with E-state index in [1.807, 2.05) is 6.07 Å². The zero-order chi connectivity index (χ0) is 13.0. The lowest BCUT2D eigenvalue weighted by atomic mass is 9.86. The van der Waals surface area contributed by atoms with Crippen LogP contribution in [0.5, 0.6) is 5.75 Å². The van der Waals surface area contributed by atoms with Gasteiger partial charge in [0, 0.05) is 6.54 Å². The number of esters is 1. The van der Waals surface area contributed by atoms with Crippen molar-refractivity contribution in [3.63, 3.8) is 0 Å². The van der Waals surface area contributed by atoms with E-state index in [0.717, 1.165) is 5.56 Å². The van der Waals surface area contributed by atoms with Gasteiger partial charge in [0.1, 0.15) is 11.3 Å². The van der Waals surface area contributed by atoms with Gasteiger partial charge in [0.05, 0.1) is 13.7 Å². The van der Waals surface area contributed by atoms with Gasteiger partial charge in [-0.25, -0.2) is 4.79 Å². The lowest BCUT2D eigenvalue weighted by Gasteiger charge is -2.25. The van der Waals surface area contributed by atoms with Crippen molar-refractivity contribution in [1.82, 2.24) is 0 Å². The fraction of sp³-hybridized carbons (Fsp3) is 0.500. The van der Waals surface area contributed by atoms with Gasteiger partial charge in [0.15, 0.2) is 0 Å². The lowest BCUT2D eigenvalue weighted by molar-refractivity contribution is 0.0593. The number of rotatable bonds is 5. The molecular formula is C14H20ClNO3. The first-order valence-corrected chi connectivity index (χ1v) is 6.28. The Morgan fingerprint density at radius 2 is 2.16 bits per heavy atom. The van der Waals surface area contributed by atoms with Gasteiger partial charge < -0.3 is 15.2 Å². The molecule has 1 aromatic carbocycles. The Labute approximate surface area is 119 Å². The number of carbonyl (C=O) groups excluding carboxylic acids is 1. The van der Waals surface area contributed by atoms with Crippen LogP contribution in [0, 0.1) is 5.92 Å². The number of ether oxygens (including phenoxy) is 2. The van der Waals surface area contributed by atoms with Crippen LogP contribution in [0.2, 0.25) is 0 Å². The van der Waals surface area contributed by atoms with Crippen molar-refractivity contribution in [3.05, 3.63) is 29.3 Å². The third-order valence-electron chi connectivity index (χ3n) is 3.38. The summed E-state index contributed by atoms with van der Waals surface area (Å²) in [6, 6.07) is 5.41. The zero-order valence-corrected chi connectivity index (χ0v) is 11.9. The Balaban J connectivity index is 0.00000180. The molecule has 0 atom stereocenters. The quantitative estimate of drug-likeness (QED) is 0.845. The van der Waals surface area contributed by atoms with Crippen LogP contribution in [-0.4, -0.2) is 19.7 Å². The second kappa shape index (κ2) is 7.36. The minimum absolute atomic E-state index is 0. The predicted molar refractivity (Wildman–Crippen MR) is 75.8 cm³/mol. The van der Waals surface area contributed by atoms with Gasteiger partial charge >= 0.3 is 5.97 Å². The number of hydrogen-bond donors (Lipinski definition) is 1. The normalized spacial score (nSPS) is 14.2. The molecular weight excluding hydrogens is 266 g/mol. The zero-order valence-electron chi connectivity index (χ0n) is 11.1. The van der Waals surface area contributed by atoms with Crippen LogP contribution in [0.3, 0.4) is 0 Å². The highest BCUT2D eigenvalue weighted by molar-refractivity contribution is 5.92. The Kier molecular flexibility index (Phi) is 6.12. The molecule has 106 valence electrons. The highest BCUT2D eigenvalue weighted by Crippen LogP contribution is 2.28. The Morgan fingerprint density at radius 3 is 2.68 bits per heavy atom. The summed E-state index contributed by atoms with van der Waals surface area (Å²) in [6.07, 6.45) is 3.72. The molecule has 2 rings (SSSR count). The summed E-state index contributed by atoms with van der Waals surface area (Å²) in [5.74, 6) is 0.838. The average molecular weight is 286 g/mol. The molecule has 0 spiro atoms. The second-order valence-corrected chi connectivity index (χ2v) is 4.63. The minimum Gasteiger partial charge on any atom is -0.492 e. The van der Waals surface area contributed by atoms with Crippen LogP contribution >= 0.6 is 12.4 Å². The van der Waals surface area contributed by atoms with Gasteiger partial charge in [0.25, 0.3) is 0 Å². The smallest absolute Gasteiger partial charge is 0.341 e. The Bertz CT molecular complexity index is 433. The molecule has 0 aromatic heterocycles. The third-order valence-corrected chi connectivity index (χ3v) is 3.38. The molecule has 5 heteroatoms. The summed E-state index contributed by atoms with van der Waals surface area (Å²) < 4.78 is 10.5. The summed E-state index contributed by atoms with van der Waals surface area (Å²) >= 11 is 0. The molecule has 0 aliphatic heterocycles. The van der Waals surface area contributed by atoms with E-state index in [1.54, 1.807) is 12.1 Å². The van der Waals surface area contributed by atoms with E-state index in [1.165, 1.54) is 26.4 Å². The summed E-state index contributed by atoms with van der Waals surface area (Å²) in [5.41, 5.74) is 6.92. The van der Waals surface area contributed by atoms with E-state index >= 15 is 0 Å². The minimum atomic E-state index is -0.381. The van der Waals surface area contributed by atoms with Crippen LogP contribution in [0.25, 0.3) is 0 Å². The van der Waals surface area contributed by atoms with Gasteiger partial charge in [-0.2, -0.15) is 0 Å². The topological polar surface area (TPSA) is 61.5 Å². The maximum Gasteiger partial charge on any atom is 0.341 e. The van der Waals surface area contributed by atoms with Crippen molar-refractivity contribution in [2.24, 2.45) is 11.7 Å². The molecule has 1 fully saturated rings. The van der Waals surface area contributed by atoms with Crippen LogP contribution in [0.1, 0.15) is 35.2 Å². The first kappa shape index (κ1) is 15.8. The molecule has 0 heterocycles. The fourth-order valence-electron chi connectivity index (χ4n) is 1.97. The van der Waals surface area contributed by atoms with Gasteiger partial charge in [-0.1, -0.05) is 12.5 Å². The number of nitrogens with two attached hydrogens (primary N) is 1. The molecule has 0 saturated heterocycles. The molecule has 0 bridgehead atoms. The maximum atomic E-state index is 11.7. The van der Waals surface area contributed by atoms with Gasteiger partial charge in [-0.15, -0.1) is 12.4 Å². The summed E-state index contributed by atoms with van der Waals surface area (Å²) in [4.78, 5) is 11.7. The molecule has 1 aliphatic rings. The summed E-state index contributed by atoms with van der Waals surface area (Å²) in [7, 11) is 1.37. The molecule has 0 amide bonds. The highest BCUT2D eigenvalue weighted by atomic mass is 35.5. The van der Waals surface area contributed by atoms with E-state index in [4.69, 9.17) is 15.2 Å². The standard InChI is InChI=1S/C14H19NO3.ClH/c1-17-14(16)12-7-11(8-15)5-6-13(12)18-9-10-3-2-4-10;/h5-7,10H,2-4,8-9,15H2,1H3;1H. The molecule has 0 radical (unpaired) electrons. The van der Waals surface area contributed by atoms with E-state index in [2.05, 4.69) is 0 Å². The first-order chi connectivity index (χ1) is 8.74. The molecule has 1 aliphatic carbocycles. The summed E-state index contributed by atoms with van der Waals surface area (Å²) in [5, 5.41) is 0. The number of hydrogen-bond acceptors (Lipinski definition) is 4. The van der Waals surface area contributed by atoms with E-state index in [-0.39, 0.29) is 18.4 Å². The van der Waals surface area contributed by atoms with Gasteiger partial charge in [-0.05, 0) is 36.5 Å². The predicted octanol–water partition coefficient (Wildman–Crippen LogP) is 2.53. The van der Waals surface area contributed by atoms with Crippen LogP contribution < -0.4 is 10.5 Å². The number of carbonyl (C=O) groups is 1. The average Bonchev–Trinajstić information content (AvgIpc) is 2.36. The van der Waals surface area contributed by atoms with Gasteiger partial charge in [-0.3, -0.25) is 0 Å². The highest BCUT2D eigenvalue weighted by Gasteiger charge is 2.20. The number of halogens is 1. The van der Waals surface area contributed by atoms with Crippen molar-refractivity contribution in [2.45, 2.75) is 25.8 Å². The van der Waals surface area contributed by atoms with Crippen molar-refractivity contribution >= 4 is 18.4 Å². The van der Waals surface area contributed by atoms with Crippen LogP contribution in [0.4, 0.5) is 0 Å².